The first-order valence-corrected chi connectivity index (χ1v) is 8.81. The van der Waals surface area contributed by atoms with E-state index in [0.717, 1.165) is 13.0 Å². The second kappa shape index (κ2) is 6.53. The molecule has 2 aliphatic rings. The molecule has 2 heterocycles. The Morgan fingerprint density at radius 3 is 2.70 bits per heavy atom. The number of hydrogen-bond donors (Lipinski definition) is 2. The number of rotatable bonds is 1. The van der Waals surface area contributed by atoms with Crippen LogP contribution in [0.25, 0.3) is 0 Å². The lowest BCUT2D eigenvalue weighted by Crippen LogP contribution is -2.50. The molecule has 0 bridgehead atoms. The van der Waals surface area contributed by atoms with E-state index in [1.54, 1.807) is 0 Å². The van der Waals surface area contributed by atoms with Gasteiger partial charge < -0.3 is 15.5 Å². The van der Waals surface area contributed by atoms with Gasteiger partial charge in [-0.05, 0) is 25.8 Å². The van der Waals surface area contributed by atoms with Gasteiger partial charge in [-0.25, -0.2) is 8.42 Å². The lowest BCUT2D eigenvalue weighted by Gasteiger charge is -2.25. The van der Waals surface area contributed by atoms with Crippen LogP contribution in [0.3, 0.4) is 0 Å². The molecular formula is C12H21N3O4S. The third kappa shape index (κ3) is 4.17. The Morgan fingerprint density at radius 2 is 1.95 bits per heavy atom. The van der Waals surface area contributed by atoms with Crippen molar-refractivity contribution in [3.05, 3.63) is 0 Å². The molecule has 0 radical (unpaired) electrons. The van der Waals surface area contributed by atoms with Crippen molar-refractivity contribution in [2.24, 2.45) is 0 Å². The number of hydrogen-bond acceptors (Lipinski definition) is 5. The molecule has 8 heteroatoms. The Labute approximate surface area is 119 Å². The Kier molecular flexibility index (Phi) is 4.98. The quantitative estimate of drug-likeness (QED) is 0.575. The lowest BCUT2D eigenvalue weighted by atomic mass is 10.2. The summed E-state index contributed by atoms with van der Waals surface area (Å²) in [5, 5.41) is 5.72. The maximum atomic E-state index is 12.0. The number of nitrogens with one attached hydrogen (secondary N) is 2. The average Bonchev–Trinajstić information content (AvgIpc) is 2.65. The first kappa shape index (κ1) is 15.2. The zero-order valence-corrected chi connectivity index (χ0v) is 12.2. The van der Waals surface area contributed by atoms with Crippen LogP contribution < -0.4 is 10.6 Å². The number of sulfone groups is 1. The summed E-state index contributed by atoms with van der Waals surface area (Å²) in [5.74, 6) is -1.13. The molecule has 2 rings (SSSR count). The van der Waals surface area contributed by atoms with Crippen LogP contribution >= 0.6 is 0 Å². The maximum Gasteiger partial charge on any atom is 0.311 e. The normalized spacial score (nSPS) is 26.6. The summed E-state index contributed by atoms with van der Waals surface area (Å²) in [4.78, 5) is 25.5. The fraction of sp³-hybridized carbons (Fsp3) is 0.833. The van der Waals surface area contributed by atoms with E-state index >= 15 is 0 Å². The van der Waals surface area contributed by atoms with Crippen LogP contribution in [0.5, 0.6) is 0 Å². The molecule has 0 aromatic heterocycles. The highest BCUT2D eigenvalue weighted by molar-refractivity contribution is 7.91. The van der Waals surface area contributed by atoms with Gasteiger partial charge in [0.2, 0.25) is 0 Å². The summed E-state index contributed by atoms with van der Waals surface area (Å²) >= 11 is 0. The van der Waals surface area contributed by atoms with Gasteiger partial charge in [-0.2, -0.15) is 0 Å². The molecule has 0 spiro atoms. The monoisotopic (exact) mass is 303 g/mol. The highest BCUT2D eigenvalue weighted by atomic mass is 32.2. The van der Waals surface area contributed by atoms with Crippen molar-refractivity contribution in [1.29, 1.82) is 0 Å². The molecule has 114 valence electrons. The van der Waals surface area contributed by atoms with E-state index in [-0.39, 0.29) is 11.5 Å². The first-order valence-electron chi connectivity index (χ1n) is 6.99. The van der Waals surface area contributed by atoms with Crippen LogP contribution in [-0.2, 0) is 19.4 Å². The molecule has 2 saturated heterocycles. The molecule has 2 amide bonds. The fourth-order valence-corrected chi connectivity index (χ4v) is 4.21. The molecular weight excluding hydrogens is 282 g/mol. The molecule has 1 atom stereocenters. The van der Waals surface area contributed by atoms with Crippen molar-refractivity contribution in [3.8, 4) is 0 Å². The van der Waals surface area contributed by atoms with Gasteiger partial charge in [0.05, 0.1) is 11.5 Å². The Morgan fingerprint density at radius 1 is 1.15 bits per heavy atom. The summed E-state index contributed by atoms with van der Waals surface area (Å²) in [6.07, 6.45) is 1.96. The summed E-state index contributed by atoms with van der Waals surface area (Å²) in [6.45, 7) is 2.58. The minimum absolute atomic E-state index is 0.0619. The standard InChI is InChI=1S/C12H21N3O4S/c16-11(12(17)15-6-2-4-13-5-7-15)14-10-3-1-8-20(18,19)9-10/h10,13H,1-9H2,(H,14,16). The van der Waals surface area contributed by atoms with Gasteiger partial charge in [0.1, 0.15) is 0 Å². The molecule has 20 heavy (non-hydrogen) atoms. The lowest BCUT2D eigenvalue weighted by molar-refractivity contribution is -0.146. The van der Waals surface area contributed by atoms with E-state index in [1.807, 2.05) is 0 Å². The van der Waals surface area contributed by atoms with Gasteiger partial charge in [-0.15, -0.1) is 0 Å². The summed E-state index contributed by atoms with van der Waals surface area (Å²) in [6, 6.07) is -0.435. The maximum absolute atomic E-state index is 12.0. The minimum Gasteiger partial charge on any atom is -0.344 e. The van der Waals surface area contributed by atoms with E-state index in [4.69, 9.17) is 0 Å². The van der Waals surface area contributed by atoms with E-state index in [0.29, 0.717) is 32.5 Å². The molecule has 2 N–H and O–H groups in total. The minimum atomic E-state index is -3.08. The second-order valence-electron chi connectivity index (χ2n) is 5.32. The molecule has 2 aliphatic heterocycles. The predicted octanol–water partition coefficient (Wildman–Crippen LogP) is -1.50. The third-order valence-electron chi connectivity index (χ3n) is 3.62. The second-order valence-corrected chi connectivity index (χ2v) is 7.55. The van der Waals surface area contributed by atoms with Gasteiger partial charge >= 0.3 is 11.8 Å². The summed E-state index contributed by atoms with van der Waals surface area (Å²) < 4.78 is 23.0. The molecule has 0 aromatic carbocycles. The molecule has 0 saturated carbocycles. The van der Waals surface area contributed by atoms with Gasteiger partial charge in [0.15, 0.2) is 9.84 Å². The molecule has 0 aromatic rings. The number of nitrogens with zero attached hydrogens (tertiary/aromatic N) is 1. The van der Waals surface area contributed by atoms with Crippen molar-refractivity contribution < 1.29 is 18.0 Å². The zero-order chi connectivity index (χ0) is 14.6. The first-order chi connectivity index (χ1) is 9.48. The van der Waals surface area contributed by atoms with Crippen LogP contribution in [0.4, 0.5) is 0 Å². The Bertz CT molecular complexity index is 469. The Hall–Kier alpha value is -1.15. The topological polar surface area (TPSA) is 95.6 Å². The van der Waals surface area contributed by atoms with Crippen molar-refractivity contribution in [2.75, 3.05) is 37.7 Å². The molecule has 0 aliphatic carbocycles. The summed E-state index contributed by atoms with van der Waals surface area (Å²) in [5.41, 5.74) is 0. The van der Waals surface area contributed by atoms with Crippen LogP contribution in [0, 0.1) is 0 Å². The van der Waals surface area contributed by atoms with Crippen LogP contribution in [0.2, 0.25) is 0 Å². The SMILES string of the molecule is O=C(NC1CCCS(=O)(=O)C1)C(=O)N1CCCNCC1. The fourth-order valence-electron chi connectivity index (χ4n) is 2.58. The van der Waals surface area contributed by atoms with Gasteiger partial charge in [0, 0.05) is 25.7 Å². The summed E-state index contributed by atoms with van der Waals surface area (Å²) in [7, 11) is -3.08. The highest BCUT2D eigenvalue weighted by Crippen LogP contribution is 2.12. The third-order valence-corrected chi connectivity index (χ3v) is 5.44. The molecule has 7 nitrogen and oxygen atoms in total. The van der Waals surface area contributed by atoms with E-state index in [2.05, 4.69) is 10.6 Å². The highest BCUT2D eigenvalue weighted by Gasteiger charge is 2.29. The number of amides is 2. The van der Waals surface area contributed by atoms with Crippen molar-refractivity contribution in [1.82, 2.24) is 15.5 Å². The average molecular weight is 303 g/mol. The smallest absolute Gasteiger partial charge is 0.311 e. The van der Waals surface area contributed by atoms with E-state index in [1.165, 1.54) is 4.90 Å². The molecule has 2 fully saturated rings. The predicted molar refractivity (Wildman–Crippen MR) is 73.9 cm³/mol. The van der Waals surface area contributed by atoms with Crippen molar-refractivity contribution >= 4 is 21.7 Å². The van der Waals surface area contributed by atoms with Crippen LogP contribution in [-0.4, -0.2) is 68.9 Å². The molecule has 1 unspecified atom stereocenters. The Balaban J connectivity index is 1.88. The van der Waals surface area contributed by atoms with Gasteiger partial charge in [0.25, 0.3) is 0 Å². The van der Waals surface area contributed by atoms with Crippen molar-refractivity contribution in [3.63, 3.8) is 0 Å². The van der Waals surface area contributed by atoms with E-state index < -0.39 is 27.7 Å². The van der Waals surface area contributed by atoms with Gasteiger partial charge in [-0.3, -0.25) is 9.59 Å². The van der Waals surface area contributed by atoms with Crippen LogP contribution in [0.1, 0.15) is 19.3 Å². The zero-order valence-electron chi connectivity index (χ0n) is 11.4. The number of carbonyl (C=O) groups excluding carboxylic acids is 2. The van der Waals surface area contributed by atoms with Crippen molar-refractivity contribution in [2.45, 2.75) is 25.3 Å². The largest absolute Gasteiger partial charge is 0.344 e. The van der Waals surface area contributed by atoms with Gasteiger partial charge in [-0.1, -0.05) is 0 Å². The number of carbonyl (C=O) groups is 2. The van der Waals surface area contributed by atoms with Crippen LogP contribution in [0.15, 0.2) is 0 Å². The van der Waals surface area contributed by atoms with E-state index in [9.17, 15) is 18.0 Å².